The van der Waals surface area contributed by atoms with Crippen LogP contribution in [-0.2, 0) is 11.3 Å². The number of nitrogens with one attached hydrogen (secondary N) is 1. The number of carbonyl (C=O) groups excluding carboxylic acids is 1. The fourth-order valence-corrected chi connectivity index (χ4v) is 4.62. The van der Waals surface area contributed by atoms with Crippen LogP contribution < -0.4 is 5.32 Å². The first-order valence-corrected chi connectivity index (χ1v) is 10.7. The number of nitrogens with zero attached hydrogens (tertiary/aromatic N) is 3. The zero-order valence-corrected chi connectivity index (χ0v) is 17.5. The van der Waals surface area contributed by atoms with Crippen LogP contribution in [0.5, 0.6) is 0 Å². The van der Waals surface area contributed by atoms with E-state index in [1.807, 2.05) is 12.1 Å². The van der Waals surface area contributed by atoms with Crippen LogP contribution in [0.4, 0.5) is 5.69 Å². The van der Waals surface area contributed by atoms with E-state index in [0.29, 0.717) is 22.3 Å². The molecule has 5 nitrogen and oxygen atoms in total. The molecule has 146 valence electrons. The number of halogens is 2. The summed E-state index contributed by atoms with van der Waals surface area (Å²) in [5.74, 6) is -0.0798. The number of hydrogen-bond acceptors (Lipinski definition) is 5. The number of amides is 1. The standard InChI is InChI=1S/C20H20Cl2N4OS/c21-14-5-6-15(22)17(11-14)23-19(27)12-25-7-9-26(10-8-25)13-20-24-16-3-1-2-4-18(16)28-20/h1-6,11H,7-10,12-13H2,(H,23,27). The summed E-state index contributed by atoms with van der Waals surface area (Å²) >= 11 is 13.8. The van der Waals surface area contributed by atoms with Gasteiger partial charge in [-0.3, -0.25) is 14.6 Å². The average Bonchev–Trinajstić information content (AvgIpc) is 3.08. The van der Waals surface area contributed by atoms with E-state index in [9.17, 15) is 4.79 Å². The molecular formula is C20H20Cl2N4OS. The van der Waals surface area contributed by atoms with Gasteiger partial charge >= 0.3 is 0 Å². The molecule has 2 aromatic carbocycles. The quantitative estimate of drug-likeness (QED) is 0.647. The molecule has 4 rings (SSSR count). The van der Waals surface area contributed by atoms with Crippen molar-refractivity contribution >= 4 is 56.3 Å². The molecule has 1 saturated heterocycles. The van der Waals surface area contributed by atoms with Crippen LogP contribution >= 0.6 is 34.5 Å². The topological polar surface area (TPSA) is 48.5 Å². The Labute approximate surface area is 177 Å². The van der Waals surface area contributed by atoms with Gasteiger partial charge in [-0.15, -0.1) is 11.3 Å². The van der Waals surface area contributed by atoms with Crippen LogP contribution in [0.2, 0.25) is 10.0 Å². The molecule has 2 heterocycles. The van der Waals surface area contributed by atoms with Gasteiger partial charge in [0.25, 0.3) is 0 Å². The Morgan fingerprint density at radius 1 is 1.07 bits per heavy atom. The van der Waals surface area contributed by atoms with Crippen LogP contribution in [0.15, 0.2) is 42.5 Å². The van der Waals surface area contributed by atoms with Crippen molar-refractivity contribution in [3.8, 4) is 0 Å². The van der Waals surface area contributed by atoms with Crippen molar-refractivity contribution < 1.29 is 4.79 Å². The molecule has 28 heavy (non-hydrogen) atoms. The van der Waals surface area contributed by atoms with Crippen LogP contribution in [0, 0.1) is 0 Å². The monoisotopic (exact) mass is 434 g/mol. The van der Waals surface area contributed by atoms with E-state index in [1.165, 1.54) is 4.70 Å². The predicted octanol–water partition coefficient (Wildman–Crippen LogP) is 4.36. The summed E-state index contributed by atoms with van der Waals surface area (Å²) in [4.78, 5) is 21.6. The van der Waals surface area contributed by atoms with Gasteiger partial charge in [-0.05, 0) is 30.3 Å². The molecule has 1 N–H and O–H groups in total. The largest absolute Gasteiger partial charge is 0.324 e. The molecule has 3 aromatic rings. The third-order valence-electron chi connectivity index (χ3n) is 4.73. The van der Waals surface area contributed by atoms with E-state index in [0.717, 1.165) is 43.2 Å². The molecule has 0 radical (unpaired) electrons. The fourth-order valence-electron chi connectivity index (χ4n) is 3.27. The number of carbonyl (C=O) groups is 1. The molecule has 0 saturated carbocycles. The highest BCUT2D eigenvalue weighted by Gasteiger charge is 2.20. The molecule has 8 heteroatoms. The van der Waals surface area contributed by atoms with E-state index in [1.54, 1.807) is 29.5 Å². The SMILES string of the molecule is O=C(CN1CCN(Cc2nc3ccccc3s2)CC1)Nc1cc(Cl)ccc1Cl. The average molecular weight is 435 g/mol. The molecule has 1 aliphatic heterocycles. The number of piperazine rings is 1. The van der Waals surface area contributed by atoms with Crippen LogP contribution in [0.25, 0.3) is 10.2 Å². The summed E-state index contributed by atoms with van der Waals surface area (Å²) in [5.41, 5.74) is 1.62. The molecular weight excluding hydrogens is 415 g/mol. The number of rotatable bonds is 5. The number of anilines is 1. The summed E-state index contributed by atoms with van der Waals surface area (Å²) in [6, 6.07) is 13.3. The van der Waals surface area contributed by atoms with E-state index < -0.39 is 0 Å². The minimum absolute atomic E-state index is 0.0798. The van der Waals surface area contributed by atoms with Crippen molar-refractivity contribution in [2.24, 2.45) is 0 Å². The van der Waals surface area contributed by atoms with Crippen molar-refractivity contribution in [1.82, 2.24) is 14.8 Å². The van der Waals surface area contributed by atoms with Gasteiger partial charge in [-0.2, -0.15) is 0 Å². The van der Waals surface area contributed by atoms with Crippen LogP contribution in [0.3, 0.4) is 0 Å². The van der Waals surface area contributed by atoms with Crippen molar-refractivity contribution in [1.29, 1.82) is 0 Å². The lowest BCUT2D eigenvalue weighted by Crippen LogP contribution is -2.48. The van der Waals surface area contributed by atoms with Gasteiger partial charge in [-0.1, -0.05) is 35.3 Å². The van der Waals surface area contributed by atoms with Crippen LogP contribution in [0.1, 0.15) is 5.01 Å². The lowest BCUT2D eigenvalue weighted by atomic mass is 10.3. The highest BCUT2D eigenvalue weighted by molar-refractivity contribution is 7.18. The Hall–Kier alpha value is -1.70. The molecule has 1 aliphatic rings. The minimum Gasteiger partial charge on any atom is -0.324 e. The smallest absolute Gasteiger partial charge is 0.238 e. The van der Waals surface area contributed by atoms with Crippen molar-refractivity contribution in [3.63, 3.8) is 0 Å². The molecule has 0 bridgehead atoms. The first-order chi connectivity index (χ1) is 13.6. The van der Waals surface area contributed by atoms with Crippen molar-refractivity contribution in [2.75, 3.05) is 38.0 Å². The van der Waals surface area contributed by atoms with Crippen molar-refractivity contribution in [2.45, 2.75) is 6.54 Å². The second-order valence-corrected chi connectivity index (χ2v) is 8.76. The number of aromatic nitrogens is 1. The summed E-state index contributed by atoms with van der Waals surface area (Å²) in [7, 11) is 0. The van der Waals surface area contributed by atoms with Crippen molar-refractivity contribution in [3.05, 3.63) is 57.5 Å². The number of para-hydroxylation sites is 1. The Balaban J connectivity index is 1.26. The second kappa shape index (κ2) is 8.76. The van der Waals surface area contributed by atoms with Gasteiger partial charge in [-0.25, -0.2) is 4.98 Å². The summed E-state index contributed by atoms with van der Waals surface area (Å²) < 4.78 is 1.23. The van der Waals surface area contributed by atoms with Gasteiger partial charge in [0.1, 0.15) is 5.01 Å². The Morgan fingerprint density at radius 3 is 2.61 bits per heavy atom. The number of benzene rings is 2. The van der Waals surface area contributed by atoms with Gasteiger partial charge < -0.3 is 5.32 Å². The van der Waals surface area contributed by atoms with Gasteiger partial charge in [0.2, 0.25) is 5.91 Å². The Bertz CT molecular complexity index is 952. The third-order valence-corrected chi connectivity index (χ3v) is 6.32. The number of hydrogen-bond donors (Lipinski definition) is 1. The summed E-state index contributed by atoms with van der Waals surface area (Å²) in [5, 5.41) is 5.02. The maximum atomic E-state index is 12.3. The Kier molecular flexibility index (Phi) is 6.13. The van der Waals surface area contributed by atoms with Gasteiger partial charge in [0, 0.05) is 31.2 Å². The van der Waals surface area contributed by atoms with Gasteiger partial charge in [0.15, 0.2) is 0 Å². The summed E-state index contributed by atoms with van der Waals surface area (Å²) in [6.07, 6.45) is 0. The fraction of sp³-hybridized carbons (Fsp3) is 0.300. The predicted molar refractivity (Wildman–Crippen MR) is 116 cm³/mol. The highest BCUT2D eigenvalue weighted by atomic mass is 35.5. The lowest BCUT2D eigenvalue weighted by molar-refractivity contribution is -0.117. The zero-order valence-electron chi connectivity index (χ0n) is 15.2. The van der Waals surface area contributed by atoms with Gasteiger partial charge in [0.05, 0.1) is 34.0 Å². The summed E-state index contributed by atoms with van der Waals surface area (Å²) in [6.45, 7) is 4.74. The van der Waals surface area contributed by atoms with E-state index in [-0.39, 0.29) is 5.91 Å². The third kappa shape index (κ3) is 4.82. The molecule has 0 atom stereocenters. The molecule has 1 amide bonds. The van der Waals surface area contributed by atoms with E-state index in [4.69, 9.17) is 28.2 Å². The molecule has 1 aromatic heterocycles. The first kappa shape index (κ1) is 19.6. The molecule has 0 aliphatic carbocycles. The Morgan fingerprint density at radius 2 is 1.82 bits per heavy atom. The maximum absolute atomic E-state index is 12.3. The first-order valence-electron chi connectivity index (χ1n) is 9.11. The van der Waals surface area contributed by atoms with E-state index >= 15 is 0 Å². The minimum atomic E-state index is -0.0798. The normalized spacial score (nSPS) is 15.8. The lowest BCUT2D eigenvalue weighted by Gasteiger charge is -2.33. The molecule has 0 unspecified atom stereocenters. The second-order valence-electron chi connectivity index (χ2n) is 6.80. The van der Waals surface area contributed by atoms with E-state index in [2.05, 4.69) is 27.2 Å². The highest BCUT2D eigenvalue weighted by Crippen LogP contribution is 2.25. The molecule has 0 spiro atoms. The van der Waals surface area contributed by atoms with Crippen LogP contribution in [-0.4, -0.2) is 53.4 Å². The molecule has 1 fully saturated rings. The maximum Gasteiger partial charge on any atom is 0.238 e. The zero-order chi connectivity index (χ0) is 19.5. The number of fused-ring (bicyclic) bond motifs is 1. The number of thiazole rings is 1.